The molecule has 3 nitrogen and oxygen atoms in total. The van der Waals surface area contributed by atoms with Gasteiger partial charge in [0.2, 0.25) is 0 Å². The fourth-order valence-corrected chi connectivity index (χ4v) is 0.992. The summed E-state index contributed by atoms with van der Waals surface area (Å²) >= 11 is 0. The number of quaternary nitrogens is 1. The van der Waals surface area contributed by atoms with Crippen molar-refractivity contribution in [3.8, 4) is 0 Å². The molecule has 0 rings (SSSR count). The van der Waals surface area contributed by atoms with Crippen LogP contribution in [0, 0.1) is 0 Å². The van der Waals surface area contributed by atoms with Gasteiger partial charge in [-0.3, -0.25) is 0 Å². The largest absolute Gasteiger partial charge is 0.515 e. The average molecular weight is 202 g/mol. The van der Waals surface area contributed by atoms with Gasteiger partial charge in [0, 0.05) is 0 Å². The predicted molar refractivity (Wildman–Crippen MR) is 58.1 cm³/mol. The lowest BCUT2D eigenvalue weighted by atomic mass is 10.2. The van der Waals surface area contributed by atoms with Crippen molar-refractivity contribution in [1.82, 2.24) is 0 Å². The zero-order valence-electron chi connectivity index (χ0n) is 10.0. The second kappa shape index (κ2) is 6.82. The Morgan fingerprint density at radius 3 is 2.29 bits per heavy atom. The van der Waals surface area contributed by atoms with Crippen molar-refractivity contribution in [1.29, 1.82) is 0 Å². The Kier molecular flexibility index (Phi) is 6.54. The molecule has 0 spiro atoms. The van der Waals surface area contributed by atoms with Crippen molar-refractivity contribution in [2.75, 3.05) is 27.2 Å². The fourth-order valence-electron chi connectivity index (χ4n) is 0.992. The lowest BCUT2D eigenvalue weighted by Gasteiger charge is -2.23. The van der Waals surface area contributed by atoms with Gasteiger partial charge in [0.25, 0.3) is 0 Å². The van der Waals surface area contributed by atoms with Gasteiger partial charge in [0.1, 0.15) is 0 Å². The lowest BCUT2D eigenvalue weighted by Crippen LogP contribution is -2.45. The van der Waals surface area contributed by atoms with E-state index in [4.69, 9.17) is 4.74 Å². The molecule has 1 amide bonds. The van der Waals surface area contributed by atoms with Crippen molar-refractivity contribution >= 4 is 6.09 Å². The van der Waals surface area contributed by atoms with Crippen LogP contribution in [0.1, 0.15) is 39.5 Å². The number of hydrogen-bond donors (Lipinski definition) is 0. The quantitative estimate of drug-likeness (QED) is 0.489. The smallest absolute Gasteiger partial charge is 0.420 e. The second-order valence-corrected chi connectivity index (χ2v) is 4.18. The van der Waals surface area contributed by atoms with Crippen LogP contribution >= 0.6 is 0 Å². The molecular weight excluding hydrogens is 178 g/mol. The molecule has 14 heavy (non-hydrogen) atoms. The molecular formula is C11H24NO2+. The highest BCUT2D eigenvalue weighted by Crippen LogP contribution is 2.04. The maximum absolute atomic E-state index is 11.5. The van der Waals surface area contributed by atoms with Crippen molar-refractivity contribution in [3.05, 3.63) is 0 Å². The molecule has 0 aromatic carbocycles. The van der Waals surface area contributed by atoms with Gasteiger partial charge < -0.3 is 4.74 Å². The van der Waals surface area contributed by atoms with Crippen LogP contribution in [0.5, 0.6) is 0 Å². The summed E-state index contributed by atoms with van der Waals surface area (Å²) in [5, 5.41) is 0. The summed E-state index contributed by atoms with van der Waals surface area (Å²) in [5.41, 5.74) is 0. The molecule has 0 aromatic rings. The highest BCUT2D eigenvalue weighted by atomic mass is 16.6. The molecule has 0 bridgehead atoms. The third-order valence-corrected chi connectivity index (χ3v) is 2.51. The molecule has 0 aromatic heterocycles. The standard InChI is InChI=1S/C11H24NO2/c1-5-7-8-9-10-14-11(13)12(3,4)6-2/h5-10H2,1-4H3/q+1. The van der Waals surface area contributed by atoms with Crippen molar-refractivity contribution in [2.45, 2.75) is 39.5 Å². The van der Waals surface area contributed by atoms with Crippen LogP contribution in [-0.2, 0) is 4.74 Å². The van der Waals surface area contributed by atoms with Gasteiger partial charge >= 0.3 is 6.09 Å². The Morgan fingerprint density at radius 1 is 1.14 bits per heavy atom. The maximum atomic E-state index is 11.5. The molecule has 0 fully saturated rings. The molecule has 0 aliphatic heterocycles. The van der Waals surface area contributed by atoms with Crippen molar-refractivity contribution < 1.29 is 14.0 Å². The number of nitrogens with zero attached hydrogens (tertiary/aromatic N) is 1. The molecule has 0 radical (unpaired) electrons. The number of ether oxygens (including phenoxy) is 1. The number of amides is 1. The normalized spacial score (nSPS) is 11.4. The van der Waals surface area contributed by atoms with E-state index in [2.05, 4.69) is 6.92 Å². The van der Waals surface area contributed by atoms with E-state index in [9.17, 15) is 4.79 Å². The molecule has 0 aliphatic carbocycles. The molecule has 84 valence electrons. The minimum absolute atomic E-state index is 0.121. The van der Waals surface area contributed by atoms with Crippen LogP contribution in [0.4, 0.5) is 4.79 Å². The zero-order chi connectivity index (χ0) is 11.0. The minimum atomic E-state index is -0.121. The Hall–Kier alpha value is -0.570. The summed E-state index contributed by atoms with van der Waals surface area (Å²) in [7, 11) is 3.74. The highest BCUT2D eigenvalue weighted by molar-refractivity contribution is 5.59. The van der Waals surface area contributed by atoms with E-state index in [1.165, 1.54) is 12.8 Å². The first-order valence-electron chi connectivity index (χ1n) is 5.55. The summed E-state index contributed by atoms with van der Waals surface area (Å²) in [6.07, 6.45) is 4.46. The number of hydrogen-bond acceptors (Lipinski definition) is 2. The number of carbonyl (C=O) groups excluding carboxylic acids is 1. The molecule has 0 atom stereocenters. The number of carbonyl (C=O) groups is 1. The van der Waals surface area contributed by atoms with Crippen LogP contribution in [0.3, 0.4) is 0 Å². The van der Waals surface area contributed by atoms with Crippen LogP contribution in [0.25, 0.3) is 0 Å². The van der Waals surface area contributed by atoms with Gasteiger partial charge in [-0.2, -0.15) is 4.79 Å². The van der Waals surface area contributed by atoms with E-state index in [1.54, 1.807) is 0 Å². The van der Waals surface area contributed by atoms with Crippen molar-refractivity contribution in [3.63, 3.8) is 0 Å². The van der Waals surface area contributed by atoms with Crippen LogP contribution in [0.2, 0.25) is 0 Å². The van der Waals surface area contributed by atoms with E-state index in [-0.39, 0.29) is 6.09 Å². The monoisotopic (exact) mass is 202 g/mol. The van der Waals surface area contributed by atoms with E-state index in [0.29, 0.717) is 11.1 Å². The highest BCUT2D eigenvalue weighted by Gasteiger charge is 2.25. The van der Waals surface area contributed by atoms with E-state index in [1.807, 2.05) is 21.0 Å². The number of unbranched alkanes of at least 4 members (excludes halogenated alkanes) is 3. The topological polar surface area (TPSA) is 26.3 Å². The zero-order valence-corrected chi connectivity index (χ0v) is 10.0. The molecule has 3 heteroatoms. The van der Waals surface area contributed by atoms with E-state index < -0.39 is 0 Å². The second-order valence-electron chi connectivity index (χ2n) is 4.18. The summed E-state index contributed by atoms with van der Waals surface area (Å²) in [6, 6.07) is 0. The predicted octanol–water partition coefficient (Wildman–Crippen LogP) is 2.80. The van der Waals surface area contributed by atoms with Crippen LogP contribution in [0.15, 0.2) is 0 Å². The van der Waals surface area contributed by atoms with E-state index >= 15 is 0 Å². The molecule has 0 aliphatic rings. The summed E-state index contributed by atoms with van der Waals surface area (Å²) < 4.78 is 5.49. The van der Waals surface area contributed by atoms with Gasteiger partial charge in [-0.05, 0) is 13.3 Å². The fraction of sp³-hybridized carbons (Fsp3) is 0.909. The Morgan fingerprint density at radius 2 is 1.79 bits per heavy atom. The SMILES string of the molecule is CCCCCCOC(=O)[N+](C)(C)CC. The van der Waals surface area contributed by atoms with Gasteiger partial charge in [-0.1, -0.05) is 26.2 Å². The van der Waals surface area contributed by atoms with Crippen LogP contribution in [-0.4, -0.2) is 37.8 Å². The van der Waals surface area contributed by atoms with Gasteiger partial charge in [0.15, 0.2) is 0 Å². The molecule has 0 unspecified atom stereocenters. The molecule has 0 saturated carbocycles. The first kappa shape index (κ1) is 13.4. The number of rotatable bonds is 6. The van der Waals surface area contributed by atoms with Gasteiger partial charge in [0.05, 0.1) is 27.2 Å². The average Bonchev–Trinajstić information content (AvgIpc) is 2.17. The minimum Gasteiger partial charge on any atom is -0.420 e. The van der Waals surface area contributed by atoms with Gasteiger partial charge in [-0.25, -0.2) is 4.48 Å². The van der Waals surface area contributed by atoms with Crippen molar-refractivity contribution in [2.24, 2.45) is 0 Å². The third-order valence-electron chi connectivity index (χ3n) is 2.51. The van der Waals surface area contributed by atoms with Crippen LogP contribution < -0.4 is 0 Å². The summed E-state index contributed by atoms with van der Waals surface area (Å²) in [5.74, 6) is 0. The Bertz CT molecular complexity index is 167. The Labute approximate surface area is 87.6 Å². The first-order chi connectivity index (χ1) is 6.54. The summed E-state index contributed by atoms with van der Waals surface area (Å²) in [6.45, 7) is 5.50. The molecule has 0 heterocycles. The third kappa shape index (κ3) is 5.22. The maximum Gasteiger partial charge on any atom is 0.515 e. The van der Waals surface area contributed by atoms with Gasteiger partial charge in [-0.15, -0.1) is 0 Å². The first-order valence-corrected chi connectivity index (χ1v) is 5.55. The molecule has 0 saturated heterocycles. The Balaban J connectivity index is 3.54. The summed E-state index contributed by atoms with van der Waals surface area (Å²) in [4.78, 5) is 11.5. The lowest BCUT2D eigenvalue weighted by molar-refractivity contribution is -0.815. The van der Waals surface area contributed by atoms with E-state index in [0.717, 1.165) is 19.4 Å². The molecule has 0 N–H and O–H groups in total.